The zero-order valence-corrected chi connectivity index (χ0v) is 59.0. The summed E-state index contributed by atoms with van der Waals surface area (Å²) in [5.41, 5.74) is 0. The molecule has 0 radical (unpaired) electrons. The summed E-state index contributed by atoms with van der Waals surface area (Å²) in [6.07, 6.45) is 43.1. The molecule has 0 aromatic rings. The normalized spacial score (nSPS) is 14.2. The van der Waals surface area contributed by atoms with Gasteiger partial charge in [0.05, 0.1) is 26.4 Å². The Morgan fingerprint density at radius 1 is 0.307 bits per heavy atom. The molecular weight excluding hydrogens is 1160 g/mol. The highest BCUT2D eigenvalue weighted by Crippen LogP contribution is 2.45. The van der Waals surface area contributed by atoms with Crippen LogP contribution in [0.4, 0.5) is 0 Å². The van der Waals surface area contributed by atoms with Gasteiger partial charge in [-0.1, -0.05) is 292 Å². The molecule has 0 aliphatic rings. The molecule has 0 saturated heterocycles. The summed E-state index contributed by atoms with van der Waals surface area (Å²) >= 11 is 0. The van der Waals surface area contributed by atoms with Crippen molar-refractivity contribution in [2.24, 2.45) is 17.8 Å². The minimum Gasteiger partial charge on any atom is -0.462 e. The van der Waals surface area contributed by atoms with Crippen LogP contribution >= 0.6 is 15.6 Å². The number of hydrogen-bond donors (Lipinski definition) is 3. The molecule has 0 bridgehead atoms. The first-order chi connectivity index (χ1) is 42.2. The fraction of sp³-hybridized carbons (Fsp3) is 0.942. The molecule has 522 valence electrons. The minimum atomic E-state index is -4.95. The van der Waals surface area contributed by atoms with E-state index < -0.39 is 97.5 Å². The largest absolute Gasteiger partial charge is 0.472 e. The van der Waals surface area contributed by atoms with E-state index in [-0.39, 0.29) is 25.7 Å². The molecule has 0 amide bonds. The van der Waals surface area contributed by atoms with Crippen LogP contribution in [0.1, 0.15) is 344 Å². The lowest BCUT2D eigenvalue weighted by molar-refractivity contribution is -0.161. The Hall–Kier alpha value is -1.94. The molecule has 0 aliphatic heterocycles. The van der Waals surface area contributed by atoms with E-state index in [0.29, 0.717) is 31.6 Å². The molecule has 0 aliphatic carbocycles. The van der Waals surface area contributed by atoms with Gasteiger partial charge in [0.2, 0.25) is 0 Å². The monoisotopic (exact) mass is 1300 g/mol. The highest BCUT2D eigenvalue weighted by molar-refractivity contribution is 7.47. The number of phosphoric acid groups is 2. The standard InChI is InChI=1S/C69H134O17P2/c1-8-9-10-11-12-13-14-15-16-17-22-30-38-45-52-68(73)85-64(56-79-66(71)50-43-36-29-23-18-20-26-33-40-47-60(2)3)58-83-87(75,76)81-54-63(70)55-82-88(77,78)84-59-65(57-80-67(72)51-44-37-32-25-28-35-42-49-62(6)7)86-69(74)53-46-39-31-24-19-21-27-34-41-48-61(4)5/h60-65,70H,8-59H2,1-7H3,(H,75,76)(H,77,78)/t63-,64-,65-/m1/s1. The number of aliphatic hydroxyl groups excluding tert-OH is 1. The number of unbranched alkanes of at least 4 members (excludes halogenated alkanes) is 35. The van der Waals surface area contributed by atoms with E-state index >= 15 is 0 Å². The van der Waals surface area contributed by atoms with Crippen LogP contribution in [0.5, 0.6) is 0 Å². The van der Waals surface area contributed by atoms with E-state index in [1.165, 1.54) is 148 Å². The zero-order valence-electron chi connectivity index (χ0n) is 57.2. The lowest BCUT2D eigenvalue weighted by atomic mass is 10.0. The van der Waals surface area contributed by atoms with Crippen LogP contribution < -0.4 is 0 Å². The molecule has 0 rings (SSSR count). The van der Waals surface area contributed by atoms with Crippen molar-refractivity contribution in [3.8, 4) is 0 Å². The maximum atomic E-state index is 13.0. The van der Waals surface area contributed by atoms with Crippen molar-refractivity contribution < 1.29 is 80.2 Å². The van der Waals surface area contributed by atoms with Gasteiger partial charge in [0.15, 0.2) is 12.2 Å². The van der Waals surface area contributed by atoms with Gasteiger partial charge in [-0.25, -0.2) is 9.13 Å². The van der Waals surface area contributed by atoms with E-state index in [4.69, 9.17) is 37.0 Å². The summed E-state index contributed by atoms with van der Waals surface area (Å²) in [5, 5.41) is 10.6. The molecule has 17 nitrogen and oxygen atoms in total. The van der Waals surface area contributed by atoms with Gasteiger partial charge in [0, 0.05) is 25.7 Å². The number of carbonyl (C=O) groups is 4. The van der Waals surface area contributed by atoms with E-state index in [1.54, 1.807) is 0 Å². The van der Waals surface area contributed by atoms with Crippen molar-refractivity contribution >= 4 is 39.5 Å². The summed E-state index contributed by atoms with van der Waals surface area (Å²) in [7, 11) is -9.90. The summed E-state index contributed by atoms with van der Waals surface area (Å²) in [5.74, 6) is 0.0572. The third kappa shape index (κ3) is 62.8. The number of aliphatic hydroxyl groups is 1. The molecule has 0 aromatic heterocycles. The second-order valence-electron chi connectivity index (χ2n) is 26.3. The summed E-state index contributed by atoms with van der Waals surface area (Å²) in [6.45, 7) is 11.7. The quantitative estimate of drug-likeness (QED) is 0.0222. The smallest absolute Gasteiger partial charge is 0.462 e. The maximum Gasteiger partial charge on any atom is 0.472 e. The number of ether oxygens (including phenoxy) is 4. The van der Waals surface area contributed by atoms with Gasteiger partial charge in [0.1, 0.15) is 19.3 Å². The van der Waals surface area contributed by atoms with Gasteiger partial charge in [-0.2, -0.15) is 0 Å². The molecule has 0 fully saturated rings. The molecular formula is C69H134O17P2. The van der Waals surface area contributed by atoms with Gasteiger partial charge in [-0.3, -0.25) is 37.3 Å². The van der Waals surface area contributed by atoms with Crippen LogP contribution in [0.15, 0.2) is 0 Å². The van der Waals surface area contributed by atoms with Crippen molar-refractivity contribution in [2.75, 3.05) is 39.6 Å². The lowest BCUT2D eigenvalue weighted by Gasteiger charge is -2.21. The summed E-state index contributed by atoms with van der Waals surface area (Å²) in [4.78, 5) is 72.5. The van der Waals surface area contributed by atoms with Crippen molar-refractivity contribution in [1.29, 1.82) is 0 Å². The molecule has 2 unspecified atom stereocenters. The van der Waals surface area contributed by atoms with Gasteiger partial charge < -0.3 is 33.8 Å². The molecule has 0 spiro atoms. The van der Waals surface area contributed by atoms with Gasteiger partial charge in [-0.15, -0.1) is 0 Å². The first-order valence-electron chi connectivity index (χ1n) is 35.8. The minimum absolute atomic E-state index is 0.104. The summed E-state index contributed by atoms with van der Waals surface area (Å²) in [6, 6.07) is 0. The van der Waals surface area contributed by atoms with Crippen molar-refractivity contribution in [1.82, 2.24) is 0 Å². The van der Waals surface area contributed by atoms with Crippen LogP contribution in [-0.4, -0.2) is 96.7 Å². The van der Waals surface area contributed by atoms with Gasteiger partial charge >= 0.3 is 39.5 Å². The zero-order chi connectivity index (χ0) is 65.2. The van der Waals surface area contributed by atoms with Crippen LogP contribution in [0.2, 0.25) is 0 Å². The third-order valence-corrected chi connectivity index (χ3v) is 17.8. The van der Waals surface area contributed by atoms with Gasteiger partial charge in [-0.05, 0) is 43.4 Å². The predicted octanol–water partition coefficient (Wildman–Crippen LogP) is 19.5. The van der Waals surface area contributed by atoms with Crippen LogP contribution in [-0.2, 0) is 65.4 Å². The van der Waals surface area contributed by atoms with Crippen molar-refractivity contribution in [3.05, 3.63) is 0 Å². The van der Waals surface area contributed by atoms with E-state index in [0.717, 1.165) is 108 Å². The number of carbonyl (C=O) groups excluding carboxylic acids is 4. The second kappa shape index (κ2) is 60.0. The van der Waals surface area contributed by atoms with Crippen molar-refractivity contribution in [2.45, 2.75) is 362 Å². The van der Waals surface area contributed by atoms with Crippen LogP contribution in [0.3, 0.4) is 0 Å². The second-order valence-corrected chi connectivity index (χ2v) is 29.3. The number of rotatable bonds is 67. The Morgan fingerprint density at radius 2 is 0.523 bits per heavy atom. The molecule has 0 aromatic carbocycles. The number of phosphoric ester groups is 2. The predicted molar refractivity (Wildman–Crippen MR) is 354 cm³/mol. The molecule has 3 N–H and O–H groups in total. The fourth-order valence-corrected chi connectivity index (χ4v) is 11.9. The lowest BCUT2D eigenvalue weighted by Crippen LogP contribution is -2.30. The highest BCUT2D eigenvalue weighted by atomic mass is 31.2. The Labute approximate surface area is 537 Å². The molecule has 88 heavy (non-hydrogen) atoms. The Balaban J connectivity index is 5.26. The Kier molecular flexibility index (Phi) is 58.7. The molecule has 5 atom stereocenters. The summed E-state index contributed by atoms with van der Waals surface area (Å²) < 4.78 is 68.2. The topological polar surface area (TPSA) is 237 Å². The van der Waals surface area contributed by atoms with Crippen molar-refractivity contribution in [3.63, 3.8) is 0 Å². The average molecular weight is 1300 g/mol. The SMILES string of the molecule is CCCCCCCCCCCCCCCCC(=O)O[C@H](COC(=O)CCCCCCCCCCCC(C)C)COP(=O)(O)OC[C@@H](O)COP(=O)(O)OC[C@@H](COC(=O)CCCCCCCCCC(C)C)OC(=O)CCCCCCCCCCCC(C)C. The number of esters is 4. The fourth-order valence-electron chi connectivity index (χ4n) is 10.4. The third-order valence-electron chi connectivity index (χ3n) is 15.9. The molecule has 19 heteroatoms. The van der Waals surface area contributed by atoms with Crippen LogP contribution in [0, 0.1) is 17.8 Å². The van der Waals surface area contributed by atoms with E-state index in [1.807, 2.05) is 0 Å². The average Bonchev–Trinajstić information content (AvgIpc) is 3.58. The maximum absolute atomic E-state index is 13.0. The Morgan fingerprint density at radius 3 is 0.773 bits per heavy atom. The van der Waals surface area contributed by atoms with Crippen LogP contribution in [0.25, 0.3) is 0 Å². The highest BCUT2D eigenvalue weighted by Gasteiger charge is 2.30. The Bertz CT molecular complexity index is 1730. The first-order valence-corrected chi connectivity index (χ1v) is 38.8. The van der Waals surface area contributed by atoms with E-state index in [2.05, 4.69) is 48.5 Å². The molecule has 0 saturated carbocycles. The van der Waals surface area contributed by atoms with Gasteiger partial charge in [0.25, 0.3) is 0 Å². The number of hydrogen-bond acceptors (Lipinski definition) is 15. The first kappa shape index (κ1) is 86.1. The van der Waals surface area contributed by atoms with E-state index in [9.17, 15) is 43.2 Å². The molecule has 0 heterocycles.